The molecule has 6 aromatic rings. The molecule has 0 saturated heterocycles. The summed E-state index contributed by atoms with van der Waals surface area (Å²) in [5.74, 6) is 2.00. The van der Waals surface area contributed by atoms with Gasteiger partial charge in [-0.25, -0.2) is 9.78 Å². The predicted molar refractivity (Wildman–Crippen MR) is 162 cm³/mol. The van der Waals surface area contributed by atoms with E-state index in [0.29, 0.717) is 6.61 Å². The second kappa shape index (κ2) is 10.5. The van der Waals surface area contributed by atoms with Crippen LogP contribution in [-0.2, 0) is 7.05 Å². The van der Waals surface area contributed by atoms with E-state index >= 15 is 0 Å². The topological polar surface area (TPSA) is 67.8 Å². The van der Waals surface area contributed by atoms with Crippen molar-refractivity contribution in [1.82, 2.24) is 20.0 Å². The molecule has 0 amide bonds. The molecule has 7 rings (SSSR count). The molecule has 0 spiro atoms. The van der Waals surface area contributed by atoms with Gasteiger partial charge >= 0.3 is 0 Å². The molecular weight excluding hydrogens is 514 g/mol. The van der Waals surface area contributed by atoms with Crippen LogP contribution in [0.3, 0.4) is 0 Å². The van der Waals surface area contributed by atoms with E-state index in [1.54, 1.807) is 16.1 Å². The van der Waals surface area contributed by atoms with Gasteiger partial charge in [0.15, 0.2) is 11.0 Å². The Labute approximate surface area is 237 Å². The molecule has 198 valence electrons. The fourth-order valence-electron chi connectivity index (χ4n) is 5.52. The van der Waals surface area contributed by atoms with Crippen LogP contribution in [0.2, 0.25) is 0 Å². The maximum absolute atomic E-state index is 6.48. The average Bonchev–Trinajstić information content (AvgIpc) is 3.34. The van der Waals surface area contributed by atoms with Crippen LogP contribution in [0, 0.1) is 0 Å². The zero-order chi connectivity index (χ0) is 26.9. The first-order valence-corrected chi connectivity index (χ1v) is 14.4. The Morgan fingerprint density at radius 3 is 2.40 bits per heavy atom. The number of hydrogen-bond donors (Lipinski definition) is 2. The summed E-state index contributed by atoms with van der Waals surface area (Å²) in [6.45, 7) is 0.682. The lowest BCUT2D eigenvalue weighted by atomic mass is 9.85. The summed E-state index contributed by atoms with van der Waals surface area (Å²) in [5, 5.41) is 14.4. The summed E-state index contributed by atoms with van der Waals surface area (Å²) in [4.78, 5) is 6.65. The fraction of sp³-hybridized carbons (Fsp3) is 0.152. The Morgan fingerprint density at radius 1 is 0.900 bits per heavy atom. The molecule has 40 heavy (non-hydrogen) atoms. The van der Waals surface area contributed by atoms with Gasteiger partial charge in [0.1, 0.15) is 5.75 Å². The van der Waals surface area contributed by atoms with Gasteiger partial charge in [-0.1, -0.05) is 84.9 Å². The minimum Gasteiger partial charge on any atom is -0.491 e. The monoisotopic (exact) mass is 543 g/mol. The van der Waals surface area contributed by atoms with Crippen LogP contribution in [0.15, 0.2) is 102 Å². The lowest BCUT2D eigenvalue weighted by Crippen LogP contribution is -2.12. The first-order chi connectivity index (χ1) is 19.7. The van der Waals surface area contributed by atoms with Gasteiger partial charge in [-0.2, -0.15) is 0 Å². The van der Waals surface area contributed by atoms with Gasteiger partial charge in [0.05, 0.1) is 18.0 Å². The molecule has 1 atom stereocenters. The van der Waals surface area contributed by atoms with E-state index in [1.165, 1.54) is 11.1 Å². The zero-order valence-corrected chi connectivity index (χ0v) is 23.0. The summed E-state index contributed by atoms with van der Waals surface area (Å²) < 4.78 is 6.48. The number of rotatable bonds is 6. The molecule has 1 aliphatic rings. The SMILES string of the molecule is Cn1nc(-c2ccccc2-c2cc(Nc3nc(-c4ccccc4)cs3)c3c(c2)C(c2ccccc2)CCCO3)[nH]1. The third-order valence-electron chi connectivity index (χ3n) is 7.40. The van der Waals surface area contributed by atoms with E-state index < -0.39 is 0 Å². The van der Waals surface area contributed by atoms with Crippen molar-refractivity contribution in [1.29, 1.82) is 0 Å². The van der Waals surface area contributed by atoms with Crippen molar-refractivity contribution in [2.75, 3.05) is 11.9 Å². The number of hydrogen-bond acceptors (Lipinski definition) is 5. The number of aryl methyl sites for hydroxylation is 1. The molecule has 0 radical (unpaired) electrons. The number of aromatic amines is 1. The number of thiazole rings is 1. The first kappa shape index (κ1) is 24.4. The quantitative estimate of drug-likeness (QED) is 0.222. The van der Waals surface area contributed by atoms with Crippen LogP contribution in [-0.4, -0.2) is 26.6 Å². The summed E-state index contributed by atoms with van der Waals surface area (Å²) in [6, 6.07) is 34.0. The molecule has 6 nitrogen and oxygen atoms in total. The van der Waals surface area contributed by atoms with Crippen LogP contribution < -0.4 is 10.1 Å². The number of aromatic nitrogens is 4. The standard InChI is InChI=1S/C33H29N5OS/c1-38-36-32(37-38)27-16-9-8-15-26(27)24-19-28-25(22-11-4-2-5-12-22)17-10-18-39-31(28)29(20-24)34-33-35-30(21-40-33)23-13-6-3-7-14-23/h2-9,11-16,19-21,25H,10,17-18H2,1H3,(H,34,35)(H,36,37). The van der Waals surface area contributed by atoms with Crippen LogP contribution in [0.25, 0.3) is 33.8 Å². The van der Waals surface area contributed by atoms with Crippen LogP contribution in [0.4, 0.5) is 10.8 Å². The number of nitrogens with one attached hydrogen (secondary N) is 2. The van der Waals surface area contributed by atoms with Crippen LogP contribution in [0.5, 0.6) is 5.75 Å². The summed E-state index contributed by atoms with van der Waals surface area (Å²) in [6.07, 6.45) is 2.01. The highest BCUT2D eigenvalue weighted by Crippen LogP contribution is 2.46. The lowest BCUT2D eigenvalue weighted by Gasteiger charge is -2.22. The summed E-state index contributed by atoms with van der Waals surface area (Å²) in [7, 11) is 1.90. The number of ether oxygens (including phenoxy) is 1. The third-order valence-corrected chi connectivity index (χ3v) is 8.16. The minimum atomic E-state index is 0.229. The second-order valence-electron chi connectivity index (χ2n) is 10.1. The van der Waals surface area contributed by atoms with Crippen LogP contribution in [0.1, 0.15) is 29.9 Å². The van der Waals surface area contributed by atoms with E-state index in [-0.39, 0.29) is 5.92 Å². The first-order valence-electron chi connectivity index (χ1n) is 13.6. The zero-order valence-electron chi connectivity index (χ0n) is 22.2. The molecule has 0 bridgehead atoms. The third kappa shape index (κ3) is 4.69. The highest BCUT2D eigenvalue weighted by atomic mass is 32.1. The maximum Gasteiger partial charge on any atom is 0.187 e. The van der Waals surface area contributed by atoms with E-state index in [2.05, 4.69) is 99.8 Å². The Morgan fingerprint density at radius 2 is 1.62 bits per heavy atom. The average molecular weight is 544 g/mol. The van der Waals surface area contributed by atoms with Crippen molar-refractivity contribution >= 4 is 22.2 Å². The Bertz CT molecular complexity index is 1740. The molecule has 1 unspecified atom stereocenters. The largest absolute Gasteiger partial charge is 0.491 e. The highest BCUT2D eigenvalue weighted by Gasteiger charge is 2.26. The number of H-pyrrole nitrogens is 1. The molecule has 4 aromatic carbocycles. The van der Waals surface area contributed by atoms with E-state index in [1.807, 2.05) is 25.2 Å². The second-order valence-corrected chi connectivity index (χ2v) is 10.9. The Kier molecular flexibility index (Phi) is 6.42. The van der Waals surface area contributed by atoms with Crippen LogP contribution >= 0.6 is 11.3 Å². The van der Waals surface area contributed by atoms with Crippen molar-refractivity contribution in [3.05, 3.63) is 114 Å². The molecule has 2 N–H and O–H groups in total. The van der Waals surface area contributed by atoms with Gasteiger partial charge in [0.25, 0.3) is 0 Å². The molecule has 3 heterocycles. The van der Waals surface area contributed by atoms with Crippen molar-refractivity contribution in [3.8, 4) is 39.5 Å². The van der Waals surface area contributed by atoms with E-state index in [9.17, 15) is 0 Å². The molecule has 0 aliphatic carbocycles. The van der Waals surface area contributed by atoms with Gasteiger partial charge in [-0.15, -0.1) is 16.4 Å². The lowest BCUT2D eigenvalue weighted by molar-refractivity contribution is 0.318. The minimum absolute atomic E-state index is 0.229. The van der Waals surface area contributed by atoms with E-state index in [0.717, 1.165) is 63.2 Å². The molecule has 0 fully saturated rings. The Balaban J connectivity index is 1.37. The van der Waals surface area contributed by atoms with Gasteiger partial charge < -0.3 is 10.1 Å². The fourth-order valence-corrected chi connectivity index (χ4v) is 6.25. The van der Waals surface area contributed by atoms with Gasteiger partial charge in [-0.3, -0.25) is 5.10 Å². The highest BCUT2D eigenvalue weighted by molar-refractivity contribution is 7.14. The Hall–Kier alpha value is -4.62. The molecule has 0 saturated carbocycles. The van der Waals surface area contributed by atoms with Crippen molar-refractivity contribution in [3.63, 3.8) is 0 Å². The van der Waals surface area contributed by atoms with Crippen molar-refractivity contribution < 1.29 is 4.74 Å². The number of benzene rings is 4. The maximum atomic E-state index is 6.48. The van der Waals surface area contributed by atoms with Crippen molar-refractivity contribution in [2.45, 2.75) is 18.8 Å². The molecule has 7 heteroatoms. The summed E-state index contributed by atoms with van der Waals surface area (Å²) in [5.41, 5.74) is 8.79. The van der Waals surface area contributed by atoms with Gasteiger partial charge in [0, 0.05) is 35.0 Å². The molecular formula is C33H29N5OS. The predicted octanol–water partition coefficient (Wildman–Crippen LogP) is 8.25. The number of fused-ring (bicyclic) bond motifs is 1. The van der Waals surface area contributed by atoms with Gasteiger partial charge in [-0.05, 0) is 41.7 Å². The molecule has 2 aromatic heterocycles. The number of anilines is 2. The normalized spacial score (nSPS) is 14.8. The molecule has 1 aliphatic heterocycles. The van der Waals surface area contributed by atoms with Crippen molar-refractivity contribution in [2.24, 2.45) is 7.05 Å². The summed E-state index contributed by atoms with van der Waals surface area (Å²) >= 11 is 1.60. The van der Waals surface area contributed by atoms with Gasteiger partial charge in [0.2, 0.25) is 0 Å². The smallest absolute Gasteiger partial charge is 0.187 e. The number of nitrogens with zero attached hydrogens (tertiary/aromatic N) is 3. The van der Waals surface area contributed by atoms with E-state index in [4.69, 9.17) is 9.72 Å².